The zero-order chi connectivity index (χ0) is 13.1. The maximum absolute atomic E-state index is 11.4. The van der Waals surface area contributed by atoms with Crippen LogP contribution in [0.15, 0.2) is 30.5 Å². The van der Waals surface area contributed by atoms with Crippen LogP contribution in [0.2, 0.25) is 0 Å². The molecular formula is C13H13IN2O2. The number of hydrogen-bond donors (Lipinski definition) is 2. The van der Waals surface area contributed by atoms with Crippen molar-refractivity contribution in [1.82, 2.24) is 4.98 Å². The third-order valence-electron chi connectivity index (χ3n) is 2.70. The third-order valence-corrected chi connectivity index (χ3v) is 3.42. The molecule has 0 radical (unpaired) electrons. The van der Waals surface area contributed by atoms with E-state index in [-0.39, 0.29) is 0 Å². The smallest absolute Gasteiger partial charge is 0.356 e. The number of nitrogen functional groups attached to an aromatic ring is 1. The van der Waals surface area contributed by atoms with Crippen molar-refractivity contribution in [2.45, 2.75) is 6.42 Å². The van der Waals surface area contributed by atoms with Gasteiger partial charge in [-0.1, -0.05) is 12.1 Å². The number of halogens is 1. The first-order valence-electron chi connectivity index (χ1n) is 5.40. The minimum absolute atomic E-state index is 0.318. The zero-order valence-corrected chi connectivity index (χ0v) is 12.0. The van der Waals surface area contributed by atoms with Crippen LogP contribution in [-0.4, -0.2) is 18.1 Å². The van der Waals surface area contributed by atoms with Gasteiger partial charge in [-0.25, -0.2) is 4.79 Å². The highest BCUT2D eigenvalue weighted by atomic mass is 127. The van der Waals surface area contributed by atoms with E-state index >= 15 is 0 Å². The Hall–Kier alpha value is -1.50. The molecule has 0 bridgehead atoms. The summed E-state index contributed by atoms with van der Waals surface area (Å²) in [5, 5.41) is 0. The van der Waals surface area contributed by atoms with Crippen molar-refractivity contribution in [3.05, 3.63) is 50.9 Å². The lowest BCUT2D eigenvalue weighted by Gasteiger charge is -2.02. The van der Waals surface area contributed by atoms with Crippen molar-refractivity contribution < 1.29 is 9.53 Å². The highest BCUT2D eigenvalue weighted by Gasteiger charge is 2.15. The summed E-state index contributed by atoms with van der Waals surface area (Å²) in [6, 6.07) is 8.18. The molecule has 0 aliphatic carbocycles. The number of carbonyl (C=O) groups excluding carboxylic acids is 1. The van der Waals surface area contributed by atoms with Gasteiger partial charge in [0.15, 0.2) is 0 Å². The minimum atomic E-state index is -0.443. The van der Waals surface area contributed by atoms with Crippen molar-refractivity contribution in [2.24, 2.45) is 0 Å². The molecule has 1 heterocycles. The van der Waals surface area contributed by atoms with Crippen molar-refractivity contribution in [1.29, 1.82) is 0 Å². The first-order valence-corrected chi connectivity index (χ1v) is 6.48. The molecule has 2 aromatic rings. The van der Waals surface area contributed by atoms with Crippen LogP contribution >= 0.6 is 22.6 Å². The maximum Gasteiger partial charge on any atom is 0.356 e. The third kappa shape index (κ3) is 2.66. The summed E-state index contributed by atoms with van der Waals surface area (Å²) in [7, 11) is 1.33. The Bertz CT molecular complexity index is 561. The molecule has 2 rings (SSSR count). The van der Waals surface area contributed by atoms with Gasteiger partial charge in [0.1, 0.15) is 5.69 Å². The van der Waals surface area contributed by atoms with E-state index in [2.05, 4.69) is 32.3 Å². The van der Waals surface area contributed by atoms with Gasteiger partial charge in [0, 0.05) is 16.2 Å². The quantitative estimate of drug-likeness (QED) is 0.656. The predicted octanol–water partition coefficient (Wildman–Crippen LogP) is 2.58. The number of nitrogens with two attached hydrogens (primary N) is 1. The van der Waals surface area contributed by atoms with Crippen LogP contribution in [0.1, 0.15) is 21.6 Å². The van der Waals surface area contributed by atoms with Crippen LogP contribution in [0.25, 0.3) is 0 Å². The van der Waals surface area contributed by atoms with Crippen LogP contribution in [0.4, 0.5) is 5.69 Å². The van der Waals surface area contributed by atoms with Gasteiger partial charge >= 0.3 is 5.97 Å². The van der Waals surface area contributed by atoms with E-state index in [0.29, 0.717) is 17.8 Å². The number of nitrogens with one attached hydrogen (secondary N) is 1. The summed E-state index contributed by atoms with van der Waals surface area (Å²) in [5.41, 5.74) is 8.75. The molecule has 1 aromatic heterocycles. The van der Waals surface area contributed by atoms with Gasteiger partial charge in [0.05, 0.1) is 12.8 Å². The molecule has 0 saturated carbocycles. The molecule has 0 unspecified atom stereocenters. The molecule has 0 spiro atoms. The van der Waals surface area contributed by atoms with E-state index in [0.717, 1.165) is 11.1 Å². The Morgan fingerprint density at radius 2 is 2.06 bits per heavy atom. The number of benzene rings is 1. The number of carbonyl (C=O) groups is 1. The molecule has 0 amide bonds. The van der Waals surface area contributed by atoms with Crippen LogP contribution in [0, 0.1) is 3.57 Å². The van der Waals surface area contributed by atoms with Gasteiger partial charge < -0.3 is 15.5 Å². The summed E-state index contributed by atoms with van der Waals surface area (Å²) < 4.78 is 5.83. The first-order chi connectivity index (χ1) is 8.61. The molecule has 0 aliphatic heterocycles. The molecule has 3 N–H and O–H groups in total. The number of anilines is 1. The number of rotatable bonds is 3. The molecule has 18 heavy (non-hydrogen) atoms. The van der Waals surface area contributed by atoms with E-state index < -0.39 is 5.97 Å². The Morgan fingerprint density at radius 3 is 2.67 bits per heavy atom. The van der Waals surface area contributed by atoms with Gasteiger partial charge in [-0.3, -0.25) is 0 Å². The van der Waals surface area contributed by atoms with Crippen molar-refractivity contribution in [2.75, 3.05) is 12.8 Å². The molecule has 1 aromatic carbocycles. The second-order valence-electron chi connectivity index (χ2n) is 3.90. The van der Waals surface area contributed by atoms with Crippen LogP contribution < -0.4 is 5.73 Å². The Kier molecular flexibility index (Phi) is 3.90. The zero-order valence-electron chi connectivity index (χ0n) is 9.87. The second-order valence-corrected chi connectivity index (χ2v) is 5.14. The van der Waals surface area contributed by atoms with Crippen molar-refractivity contribution in [3.63, 3.8) is 0 Å². The van der Waals surface area contributed by atoms with E-state index in [9.17, 15) is 4.79 Å². The summed E-state index contributed by atoms with van der Waals surface area (Å²) in [5.74, 6) is -0.443. The van der Waals surface area contributed by atoms with Gasteiger partial charge in [0.25, 0.3) is 0 Å². The van der Waals surface area contributed by atoms with Gasteiger partial charge in [-0.2, -0.15) is 0 Å². The number of methoxy groups -OCH3 is 1. The summed E-state index contributed by atoms with van der Waals surface area (Å²) in [6.07, 6.45) is 2.44. The molecular weight excluding hydrogens is 343 g/mol. The van der Waals surface area contributed by atoms with Crippen LogP contribution in [0.3, 0.4) is 0 Å². The van der Waals surface area contributed by atoms with Crippen molar-refractivity contribution >= 4 is 34.2 Å². The van der Waals surface area contributed by atoms with E-state index in [1.165, 1.54) is 10.7 Å². The van der Waals surface area contributed by atoms with Crippen LogP contribution in [-0.2, 0) is 11.2 Å². The molecule has 0 aliphatic rings. The number of H-pyrrole nitrogens is 1. The maximum atomic E-state index is 11.4. The lowest BCUT2D eigenvalue weighted by Crippen LogP contribution is -2.05. The number of esters is 1. The minimum Gasteiger partial charge on any atom is -0.464 e. The standard InChI is InChI=1S/C13H13IN2O2/c1-18-13(17)12-11(15)9(7-16-12)6-8-2-4-10(14)5-3-8/h2-5,7,16H,6,15H2,1H3. The Morgan fingerprint density at radius 1 is 1.39 bits per heavy atom. The predicted molar refractivity (Wildman–Crippen MR) is 78.5 cm³/mol. The van der Waals surface area contributed by atoms with Crippen LogP contribution in [0.5, 0.6) is 0 Å². The molecule has 0 saturated heterocycles. The number of aromatic amines is 1. The lowest BCUT2D eigenvalue weighted by molar-refractivity contribution is 0.0596. The highest BCUT2D eigenvalue weighted by Crippen LogP contribution is 2.21. The molecule has 4 nitrogen and oxygen atoms in total. The summed E-state index contributed by atoms with van der Waals surface area (Å²) >= 11 is 2.26. The van der Waals surface area contributed by atoms with Gasteiger partial charge in [-0.15, -0.1) is 0 Å². The second kappa shape index (κ2) is 5.43. The molecule has 5 heteroatoms. The number of aromatic nitrogens is 1. The molecule has 0 fully saturated rings. The van der Waals surface area contributed by atoms with E-state index in [1.54, 1.807) is 6.20 Å². The lowest BCUT2D eigenvalue weighted by atomic mass is 10.1. The van der Waals surface area contributed by atoms with Crippen molar-refractivity contribution in [3.8, 4) is 0 Å². The number of ether oxygens (including phenoxy) is 1. The topological polar surface area (TPSA) is 68.1 Å². The first kappa shape index (κ1) is 12.9. The average molecular weight is 356 g/mol. The fraction of sp³-hybridized carbons (Fsp3) is 0.154. The highest BCUT2D eigenvalue weighted by molar-refractivity contribution is 14.1. The summed E-state index contributed by atoms with van der Waals surface area (Å²) in [4.78, 5) is 14.3. The normalized spacial score (nSPS) is 10.3. The SMILES string of the molecule is COC(=O)c1[nH]cc(Cc2ccc(I)cc2)c1N. The fourth-order valence-electron chi connectivity index (χ4n) is 1.71. The van der Waals surface area contributed by atoms with E-state index in [1.807, 2.05) is 24.3 Å². The van der Waals surface area contributed by atoms with Gasteiger partial charge in [-0.05, 0) is 45.9 Å². The van der Waals surface area contributed by atoms with E-state index in [4.69, 9.17) is 5.73 Å². The number of hydrogen-bond acceptors (Lipinski definition) is 3. The Balaban J connectivity index is 2.22. The monoisotopic (exact) mass is 356 g/mol. The summed E-state index contributed by atoms with van der Waals surface area (Å²) in [6.45, 7) is 0. The fourth-order valence-corrected chi connectivity index (χ4v) is 2.07. The average Bonchev–Trinajstić information content (AvgIpc) is 2.73. The van der Waals surface area contributed by atoms with Gasteiger partial charge in [0.2, 0.25) is 0 Å². The molecule has 0 atom stereocenters. The largest absolute Gasteiger partial charge is 0.464 e. The Labute approximate surface area is 119 Å². The molecule has 94 valence electrons.